The molecule has 1 fully saturated rings. The highest BCUT2D eigenvalue weighted by Crippen LogP contribution is 2.35. The summed E-state index contributed by atoms with van der Waals surface area (Å²) >= 11 is 13.7. The van der Waals surface area contributed by atoms with Crippen molar-refractivity contribution < 1.29 is 9.59 Å². The van der Waals surface area contributed by atoms with Crippen LogP contribution in [0.2, 0.25) is 10.0 Å². The van der Waals surface area contributed by atoms with Gasteiger partial charge in [0.25, 0.3) is 5.91 Å². The largest absolute Gasteiger partial charge is 0.350 e. The second-order valence-electron chi connectivity index (χ2n) is 8.01. The van der Waals surface area contributed by atoms with Gasteiger partial charge in [-0.1, -0.05) is 37.0 Å². The molecule has 1 aliphatic rings. The third-order valence-corrected chi connectivity index (χ3v) is 6.02. The van der Waals surface area contributed by atoms with E-state index in [1.807, 2.05) is 20.8 Å². The minimum absolute atomic E-state index is 0.0346. The predicted octanol–water partition coefficient (Wildman–Crippen LogP) is 4.84. The van der Waals surface area contributed by atoms with Crippen LogP contribution in [0.4, 0.5) is 0 Å². The molecule has 26 heavy (non-hydrogen) atoms. The number of halogens is 2. The molecule has 2 unspecified atom stereocenters. The van der Waals surface area contributed by atoms with Gasteiger partial charge in [0.15, 0.2) is 0 Å². The first kappa shape index (κ1) is 21.4. The molecule has 2 atom stereocenters. The van der Waals surface area contributed by atoms with Crippen molar-refractivity contribution in [2.75, 3.05) is 5.75 Å². The number of benzene rings is 1. The lowest BCUT2D eigenvalue weighted by Gasteiger charge is -2.32. The molecule has 1 saturated heterocycles. The van der Waals surface area contributed by atoms with Gasteiger partial charge in [-0.25, -0.2) is 0 Å². The van der Waals surface area contributed by atoms with Gasteiger partial charge >= 0.3 is 0 Å². The molecule has 0 radical (unpaired) electrons. The summed E-state index contributed by atoms with van der Waals surface area (Å²) < 4.78 is 0. The maximum atomic E-state index is 13.2. The lowest BCUT2D eigenvalue weighted by molar-refractivity contribution is -0.126. The molecule has 1 aliphatic heterocycles. The van der Waals surface area contributed by atoms with E-state index in [1.54, 1.807) is 34.9 Å². The minimum atomic E-state index is -0.495. The van der Waals surface area contributed by atoms with Gasteiger partial charge in [0.2, 0.25) is 5.91 Å². The van der Waals surface area contributed by atoms with Gasteiger partial charge in [0, 0.05) is 16.9 Å². The Morgan fingerprint density at radius 1 is 1.27 bits per heavy atom. The van der Waals surface area contributed by atoms with E-state index in [0.717, 1.165) is 6.42 Å². The van der Waals surface area contributed by atoms with Crippen LogP contribution in [0.25, 0.3) is 0 Å². The van der Waals surface area contributed by atoms with E-state index in [-0.39, 0.29) is 22.7 Å². The Balaban J connectivity index is 2.32. The second kappa shape index (κ2) is 8.41. The maximum Gasteiger partial charge on any atom is 0.255 e. The summed E-state index contributed by atoms with van der Waals surface area (Å²) in [4.78, 5) is 27.7. The van der Waals surface area contributed by atoms with Gasteiger partial charge in [-0.15, -0.1) is 11.8 Å². The summed E-state index contributed by atoms with van der Waals surface area (Å²) in [6, 6.07) is 4.34. The first-order valence-corrected chi connectivity index (χ1v) is 10.5. The van der Waals surface area contributed by atoms with Crippen LogP contribution in [0.1, 0.15) is 51.4 Å². The number of hydrogen-bond donors (Lipinski definition) is 1. The van der Waals surface area contributed by atoms with E-state index in [1.165, 1.54) is 0 Å². The SMILES string of the molecule is CC(C)CC1SCC(C(=O)NC(C)(C)C)N1C(=O)c1ccc(Cl)c(Cl)c1. The molecule has 0 aliphatic carbocycles. The number of nitrogens with zero attached hydrogens (tertiary/aromatic N) is 1. The van der Waals surface area contributed by atoms with E-state index in [2.05, 4.69) is 19.2 Å². The third-order valence-electron chi connectivity index (χ3n) is 3.97. The zero-order chi connectivity index (χ0) is 19.6. The quantitative estimate of drug-likeness (QED) is 0.763. The zero-order valence-electron chi connectivity index (χ0n) is 15.8. The van der Waals surface area contributed by atoms with Crippen molar-refractivity contribution in [2.45, 2.75) is 58.0 Å². The molecular weight excluding hydrogens is 391 g/mol. The highest BCUT2D eigenvalue weighted by molar-refractivity contribution is 8.00. The van der Waals surface area contributed by atoms with Gasteiger partial charge in [-0.05, 0) is 51.3 Å². The zero-order valence-corrected chi connectivity index (χ0v) is 18.1. The predicted molar refractivity (Wildman–Crippen MR) is 110 cm³/mol. The average molecular weight is 417 g/mol. The first-order valence-electron chi connectivity index (χ1n) is 8.71. The van der Waals surface area contributed by atoms with Gasteiger partial charge in [-0.3, -0.25) is 9.59 Å². The number of amides is 2. The summed E-state index contributed by atoms with van der Waals surface area (Å²) in [7, 11) is 0. The minimum Gasteiger partial charge on any atom is -0.350 e. The third kappa shape index (κ3) is 5.30. The monoisotopic (exact) mass is 416 g/mol. The Morgan fingerprint density at radius 3 is 2.46 bits per heavy atom. The molecule has 0 saturated carbocycles. The van der Waals surface area contributed by atoms with Crippen LogP contribution in [0.3, 0.4) is 0 Å². The van der Waals surface area contributed by atoms with Crippen LogP contribution < -0.4 is 5.32 Å². The molecular formula is C19H26Cl2N2O2S. The Labute approximate surface area is 170 Å². The number of hydrogen-bond acceptors (Lipinski definition) is 3. The van der Waals surface area contributed by atoms with Crippen molar-refractivity contribution in [3.8, 4) is 0 Å². The van der Waals surface area contributed by atoms with E-state index in [9.17, 15) is 9.59 Å². The van der Waals surface area contributed by atoms with Crippen LogP contribution in [-0.4, -0.2) is 39.4 Å². The Kier molecular flexibility index (Phi) is 6.92. The van der Waals surface area contributed by atoms with Gasteiger partial charge in [0.05, 0.1) is 15.4 Å². The summed E-state index contributed by atoms with van der Waals surface area (Å²) in [6.45, 7) is 10.0. The molecule has 2 amide bonds. The van der Waals surface area contributed by atoms with Crippen LogP contribution >= 0.6 is 35.0 Å². The molecule has 1 aromatic rings. The Hall–Kier alpha value is -0.910. The molecule has 0 spiro atoms. The number of carbonyl (C=O) groups is 2. The molecule has 2 rings (SSSR count). The summed E-state index contributed by atoms with van der Waals surface area (Å²) in [5.74, 6) is 0.700. The Bertz CT molecular complexity index is 689. The van der Waals surface area contributed by atoms with E-state index < -0.39 is 6.04 Å². The second-order valence-corrected chi connectivity index (χ2v) is 10.0. The fourth-order valence-electron chi connectivity index (χ4n) is 2.85. The fraction of sp³-hybridized carbons (Fsp3) is 0.579. The van der Waals surface area contributed by atoms with Crippen molar-refractivity contribution in [1.82, 2.24) is 10.2 Å². The highest BCUT2D eigenvalue weighted by atomic mass is 35.5. The van der Waals surface area contributed by atoms with E-state index in [4.69, 9.17) is 23.2 Å². The maximum absolute atomic E-state index is 13.2. The fourth-order valence-corrected chi connectivity index (χ4v) is 4.79. The Morgan fingerprint density at radius 2 is 1.92 bits per heavy atom. The van der Waals surface area contributed by atoms with E-state index in [0.29, 0.717) is 27.3 Å². The number of nitrogens with one attached hydrogen (secondary N) is 1. The highest BCUT2D eigenvalue weighted by Gasteiger charge is 2.42. The number of rotatable bonds is 4. The average Bonchev–Trinajstić information content (AvgIpc) is 2.90. The lowest BCUT2D eigenvalue weighted by atomic mass is 10.1. The van der Waals surface area contributed by atoms with Gasteiger partial charge in [-0.2, -0.15) is 0 Å². The van der Waals surface area contributed by atoms with Crippen LogP contribution in [0, 0.1) is 5.92 Å². The topological polar surface area (TPSA) is 49.4 Å². The molecule has 1 aromatic carbocycles. The van der Waals surface area contributed by atoms with Crippen molar-refractivity contribution in [2.24, 2.45) is 5.92 Å². The van der Waals surface area contributed by atoms with Crippen molar-refractivity contribution in [1.29, 1.82) is 0 Å². The lowest BCUT2D eigenvalue weighted by Crippen LogP contribution is -2.54. The van der Waals surface area contributed by atoms with Crippen LogP contribution in [0.5, 0.6) is 0 Å². The molecule has 0 bridgehead atoms. The number of carbonyl (C=O) groups excluding carboxylic acids is 2. The number of thioether (sulfide) groups is 1. The summed E-state index contributed by atoms with van der Waals surface area (Å²) in [5.41, 5.74) is 0.0973. The van der Waals surface area contributed by atoms with Crippen molar-refractivity contribution >= 4 is 46.8 Å². The summed E-state index contributed by atoms with van der Waals surface area (Å²) in [5, 5.41) is 3.70. The molecule has 144 valence electrons. The normalized spacial score (nSPS) is 20.5. The van der Waals surface area contributed by atoms with Crippen LogP contribution in [-0.2, 0) is 4.79 Å². The molecule has 7 heteroatoms. The first-order chi connectivity index (χ1) is 12.0. The molecule has 4 nitrogen and oxygen atoms in total. The summed E-state index contributed by atoms with van der Waals surface area (Å²) in [6.07, 6.45) is 0.830. The van der Waals surface area contributed by atoms with Gasteiger partial charge < -0.3 is 10.2 Å². The molecule has 1 heterocycles. The van der Waals surface area contributed by atoms with Crippen LogP contribution in [0.15, 0.2) is 18.2 Å². The standard InChI is InChI=1S/C19H26Cl2N2O2S/c1-11(2)8-16-23(15(10-26-16)17(24)22-19(3,4)5)18(25)12-6-7-13(20)14(21)9-12/h6-7,9,11,15-16H,8,10H2,1-5H3,(H,22,24). The smallest absolute Gasteiger partial charge is 0.255 e. The van der Waals surface area contributed by atoms with Gasteiger partial charge in [0.1, 0.15) is 6.04 Å². The molecule has 1 N–H and O–H groups in total. The van der Waals surface area contributed by atoms with Crippen molar-refractivity contribution in [3.05, 3.63) is 33.8 Å². The van der Waals surface area contributed by atoms with E-state index >= 15 is 0 Å². The van der Waals surface area contributed by atoms with Crippen molar-refractivity contribution in [3.63, 3.8) is 0 Å². The molecule has 0 aromatic heterocycles.